The molecule has 0 aromatic rings. The third kappa shape index (κ3) is 9.32. The van der Waals surface area contributed by atoms with Gasteiger partial charge in [-0.2, -0.15) is 124 Å². The van der Waals surface area contributed by atoms with E-state index in [-0.39, 0.29) is 0 Å². The lowest BCUT2D eigenvalue weighted by atomic mass is 9.67. The van der Waals surface area contributed by atoms with Crippen molar-refractivity contribution in [1.29, 1.82) is 0 Å². The minimum Gasteiger partial charge on any atom is -0.377 e. The molecular weight excluding hydrogens is 919 g/mol. The summed E-state index contributed by atoms with van der Waals surface area (Å²) in [6, 6.07) is 0. The monoisotopic (exact) mass is 945 g/mol. The van der Waals surface area contributed by atoms with Crippen molar-refractivity contribution < 1.29 is 143 Å². The van der Waals surface area contributed by atoms with Crippen molar-refractivity contribution in [1.82, 2.24) is 5.06 Å². The van der Waals surface area contributed by atoms with Gasteiger partial charge in [0.05, 0.1) is 37.9 Å². The number of hydroxylamine groups is 2. The molecule has 1 atom stereocenters. The molecule has 1 unspecified atom stereocenters. The molecule has 0 bridgehead atoms. The molecule has 0 saturated carbocycles. The van der Waals surface area contributed by atoms with E-state index in [0.717, 1.165) is 27.7 Å². The Hall–Kier alpha value is -2.13. The van der Waals surface area contributed by atoms with Gasteiger partial charge in [-0.1, -0.05) is 13.8 Å². The molecule has 59 heavy (non-hydrogen) atoms. The van der Waals surface area contributed by atoms with Crippen molar-refractivity contribution in [3.05, 3.63) is 0 Å². The van der Waals surface area contributed by atoms with E-state index in [1.165, 1.54) is 0 Å². The number of halogens is 27. The van der Waals surface area contributed by atoms with Gasteiger partial charge in [0.25, 0.3) is 0 Å². The average Bonchev–Trinajstić information content (AvgIpc) is 2.89. The zero-order chi connectivity index (χ0) is 47.7. The van der Waals surface area contributed by atoms with Crippen LogP contribution in [-0.2, 0) is 18.9 Å². The van der Waals surface area contributed by atoms with Gasteiger partial charge in [-0.25, -0.2) is 0 Å². The van der Waals surface area contributed by atoms with E-state index in [0.29, 0.717) is 5.06 Å². The summed E-state index contributed by atoms with van der Waals surface area (Å²) in [4.78, 5) is 0. The Labute approximate surface area is 310 Å². The molecule has 1 aliphatic heterocycles. The zero-order valence-electron chi connectivity index (χ0n) is 29.1. The number of hydrogen-bond acceptors (Lipinski definition) is 6. The van der Waals surface area contributed by atoms with Crippen LogP contribution in [0.3, 0.4) is 0 Å². The minimum atomic E-state index is -8.06. The van der Waals surface area contributed by atoms with Crippen LogP contribution < -0.4 is 0 Å². The molecule has 354 valence electrons. The number of nitrogens with zero attached hydrogens (tertiary/aromatic N) is 1. The van der Waals surface area contributed by atoms with Crippen molar-refractivity contribution in [3.8, 4) is 0 Å². The predicted octanol–water partition coefficient (Wildman–Crippen LogP) is 10.6. The third-order valence-corrected chi connectivity index (χ3v) is 9.60. The average molecular weight is 945 g/mol. The van der Waals surface area contributed by atoms with Crippen LogP contribution in [0.2, 0.25) is 0 Å². The molecule has 1 fully saturated rings. The molecule has 1 rings (SSSR count). The second kappa shape index (κ2) is 15.6. The molecule has 1 saturated heterocycles. The second-order valence-corrected chi connectivity index (χ2v) is 13.9. The van der Waals surface area contributed by atoms with Gasteiger partial charge < -0.3 is 24.2 Å². The SMILES string of the molecule is CC1(C)C(OCC(COC(C(F)(F)F)(C(F)(F)F)C(F)(F)F)(COC(C(F)(F)F)(C(F)(F)F)C(F)(F)F)COC(C(F)(F)F)(C(F)(F)F)C(F)(F)F)CCN(O)C1(C)C. The van der Waals surface area contributed by atoms with Gasteiger partial charge in [0.15, 0.2) is 0 Å². The van der Waals surface area contributed by atoms with Gasteiger partial charge in [0.1, 0.15) is 0 Å². The standard InChI is InChI=1S/C26H26F27NO5/c1-12(2)11(5-6-54(55)13(12,3)4)56-7-14(8-57-15(18(27,28)29,19(30,31)32)20(33,34)35,9-58-16(21(36,37)38,22(39,40)41)23(42,43)44)10-59-17(24(45,46)47,25(48,49)50)26(51,52)53/h11,55H,5-10H2,1-4H3. The lowest BCUT2D eigenvalue weighted by Gasteiger charge is -2.54. The summed E-state index contributed by atoms with van der Waals surface area (Å²) in [5.41, 5.74) is -32.8. The van der Waals surface area contributed by atoms with E-state index >= 15 is 0 Å². The summed E-state index contributed by atoms with van der Waals surface area (Å²) >= 11 is 0. The number of ether oxygens (including phenoxy) is 4. The fourth-order valence-electron chi connectivity index (χ4n) is 5.39. The summed E-state index contributed by atoms with van der Waals surface area (Å²) in [5.74, 6) is 0. The quantitative estimate of drug-likeness (QED) is 0.197. The summed E-state index contributed by atoms with van der Waals surface area (Å²) in [6.45, 7) is -11.9. The topological polar surface area (TPSA) is 60.4 Å². The first kappa shape index (κ1) is 54.9. The van der Waals surface area contributed by atoms with Crippen LogP contribution in [0, 0.1) is 10.8 Å². The number of piperidine rings is 1. The van der Waals surface area contributed by atoms with Crippen molar-refractivity contribution in [2.24, 2.45) is 10.8 Å². The van der Waals surface area contributed by atoms with Gasteiger partial charge >= 0.3 is 72.4 Å². The lowest BCUT2D eigenvalue weighted by molar-refractivity contribution is -0.474. The predicted molar refractivity (Wildman–Crippen MR) is 134 cm³/mol. The fourth-order valence-corrected chi connectivity index (χ4v) is 5.39. The Bertz CT molecular complexity index is 1170. The highest BCUT2D eigenvalue weighted by Crippen LogP contribution is 2.59. The van der Waals surface area contributed by atoms with Crippen LogP contribution in [0.5, 0.6) is 0 Å². The fraction of sp³-hybridized carbons (Fsp3) is 1.00. The first-order chi connectivity index (χ1) is 25.4. The largest absolute Gasteiger partial charge is 0.435 e. The number of hydrogen-bond donors (Lipinski definition) is 1. The molecule has 1 heterocycles. The van der Waals surface area contributed by atoms with Crippen molar-refractivity contribution in [2.75, 3.05) is 33.0 Å². The Balaban J connectivity index is 4.58. The Morgan fingerprint density at radius 1 is 0.424 bits per heavy atom. The maximum absolute atomic E-state index is 13.8. The molecule has 0 amide bonds. The van der Waals surface area contributed by atoms with Crippen LogP contribution in [0.4, 0.5) is 119 Å². The second-order valence-electron chi connectivity index (χ2n) is 13.9. The van der Waals surface area contributed by atoms with Gasteiger partial charge in [-0.15, -0.1) is 0 Å². The zero-order valence-corrected chi connectivity index (χ0v) is 29.1. The smallest absolute Gasteiger partial charge is 0.377 e. The van der Waals surface area contributed by atoms with Crippen LogP contribution >= 0.6 is 0 Å². The first-order valence-electron chi connectivity index (χ1n) is 15.0. The normalized spacial score (nSPS) is 20.6. The highest BCUT2D eigenvalue weighted by molar-refractivity contribution is 5.07. The van der Waals surface area contributed by atoms with E-state index in [1.54, 1.807) is 0 Å². The molecule has 1 aliphatic rings. The van der Waals surface area contributed by atoms with Crippen LogP contribution in [-0.4, -0.2) is 127 Å². The molecule has 0 radical (unpaired) electrons. The maximum atomic E-state index is 13.8. The van der Waals surface area contributed by atoms with Gasteiger partial charge in [0.2, 0.25) is 0 Å². The molecule has 0 aromatic carbocycles. The van der Waals surface area contributed by atoms with Crippen LogP contribution in [0.25, 0.3) is 0 Å². The van der Waals surface area contributed by atoms with Crippen LogP contribution in [0.1, 0.15) is 34.1 Å². The highest BCUT2D eigenvalue weighted by atomic mass is 19.5. The summed E-state index contributed by atoms with van der Waals surface area (Å²) in [6.07, 6.45) is -75.5. The van der Waals surface area contributed by atoms with Crippen LogP contribution in [0.15, 0.2) is 0 Å². The van der Waals surface area contributed by atoms with E-state index in [2.05, 4.69) is 14.2 Å². The maximum Gasteiger partial charge on any atom is 0.435 e. The number of alkyl halides is 27. The van der Waals surface area contributed by atoms with E-state index in [9.17, 15) is 124 Å². The molecule has 33 heteroatoms. The third-order valence-electron chi connectivity index (χ3n) is 9.60. The lowest BCUT2D eigenvalue weighted by Crippen LogP contribution is -2.71. The Kier molecular flexibility index (Phi) is 14.5. The van der Waals surface area contributed by atoms with Crippen molar-refractivity contribution in [3.63, 3.8) is 0 Å². The van der Waals surface area contributed by atoms with E-state index < -0.39 is 134 Å². The first-order valence-corrected chi connectivity index (χ1v) is 15.0. The van der Waals surface area contributed by atoms with Crippen molar-refractivity contribution in [2.45, 2.75) is 118 Å². The minimum absolute atomic E-state index is 0.383. The van der Waals surface area contributed by atoms with Gasteiger partial charge in [0, 0.05) is 17.5 Å². The summed E-state index contributed by atoms with van der Waals surface area (Å²) < 4.78 is 385. The van der Waals surface area contributed by atoms with Gasteiger partial charge in [-0.05, 0) is 20.3 Å². The molecule has 6 nitrogen and oxygen atoms in total. The van der Waals surface area contributed by atoms with E-state index in [4.69, 9.17) is 4.74 Å². The number of rotatable bonds is 12. The molecule has 1 N–H and O–H groups in total. The van der Waals surface area contributed by atoms with E-state index in [1.807, 2.05) is 0 Å². The summed E-state index contributed by atoms with van der Waals surface area (Å²) in [7, 11) is 0. The molecule has 0 aliphatic carbocycles. The Morgan fingerprint density at radius 2 is 0.644 bits per heavy atom. The Morgan fingerprint density at radius 3 is 0.847 bits per heavy atom. The highest BCUT2D eigenvalue weighted by Gasteiger charge is 2.88. The molecular formula is C26H26F27NO5. The molecule has 0 aromatic heterocycles. The van der Waals surface area contributed by atoms with Gasteiger partial charge in [-0.3, -0.25) is 0 Å². The summed E-state index contributed by atoms with van der Waals surface area (Å²) in [5, 5.41) is 10.6. The molecule has 0 spiro atoms. The van der Waals surface area contributed by atoms with Crippen molar-refractivity contribution >= 4 is 0 Å².